The van der Waals surface area contributed by atoms with Crippen molar-refractivity contribution >= 4 is 27.1 Å². The maximum absolute atomic E-state index is 13.8. The maximum Gasteiger partial charge on any atom is 0.276 e. The van der Waals surface area contributed by atoms with E-state index in [1.807, 2.05) is 0 Å². The molecular weight excluding hydrogens is 459 g/mol. The predicted molar refractivity (Wildman–Crippen MR) is 125 cm³/mol. The van der Waals surface area contributed by atoms with Crippen LogP contribution in [0.4, 0.5) is 15.8 Å². The SMILES string of the molecule is CS(=O)(=O)c1ncc(N(Cc2cccc(F)c2)Cc2ccco2)c(C(=O)Nc2ccccc2)n1. The van der Waals surface area contributed by atoms with Crippen LogP contribution < -0.4 is 10.2 Å². The van der Waals surface area contributed by atoms with Crippen LogP contribution >= 0.6 is 0 Å². The predicted octanol–water partition coefficient (Wildman–Crippen LogP) is 4.07. The summed E-state index contributed by atoms with van der Waals surface area (Å²) >= 11 is 0. The lowest BCUT2D eigenvalue weighted by atomic mass is 10.1. The highest BCUT2D eigenvalue weighted by atomic mass is 32.2. The number of rotatable bonds is 8. The molecule has 1 N–H and O–H groups in total. The molecule has 0 aliphatic carbocycles. The third-order valence-corrected chi connectivity index (χ3v) is 5.72. The van der Waals surface area contributed by atoms with Crippen molar-refractivity contribution in [2.45, 2.75) is 18.2 Å². The molecule has 4 aromatic rings. The number of hydrogen-bond donors (Lipinski definition) is 1. The minimum absolute atomic E-state index is 0.137. The second kappa shape index (κ2) is 9.84. The van der Waals surface area contributed by atoms with Crippen molar-refractivity contribution < 1.29 is 22.0 Å². The third kappa shape index (κ3) is 5.65. The number of amides is 1. The molecule has 0 radical (unpaired) electrons. The quantitative estimate of drug-likeness (QED) is 0.379. The van der Waals surface area contributed by atoms with Gasteiger partial charge in [0.05, 0.1) is 24.7 Å². The summed E-state index contributed by atoms with van der Waals surface area (Å²) in [6.07, 6.45) is 3.77. The number of carbonyl (C=O) groups excluding carboxylic acids is 1. The van der Waals surface area contributed by atoms with Crippen molar-refractivity contribution in [3.8, 4) is 0 Å². The molecule has 0 aliphatic heterocycles. The Hall–Kier alpha value is -4.05. The normalized spacial score (nSPS) is 11.2. The summed E-state index contributed by atoms with van der Waals surface area (Å²) in [6.45, 7) is 0.391. The van der Waals surface area contributed by atoms with Crippen LogP contribution in [0.1, 0.15) is 21.8 Å². The zero-order valence-electron chi connectivity index (χ0n) is 18.2. The van der Waals surface area contributed by atoms with E-state index < -0.39 is 26.7 Å². The van der Waals surface area contributed by atoms with Gasteiger partial charge in [-0.05, 0) is 42.0 Å². The van der Waals surface area contributed by atoms with E-state index in [1.165, 1.54) is 24.6 Å². The highest BCUT2D eigenvalue weighted by Gasteiger charge is 2.24. The molecule has 2 heterocycles. The van der Waals surface area contributed by atoms with Crippen molar-refractivity contribution in [2.24, 2.45) is 0 Å². The summed E-state index contributed by atoms with van der Waals surface area (Å²) in [5, 5.41) is 2.26. The molecule has 0 saturated carbocycles. The van der Waals surface area contributed by atoms with Gasteiger partial charge in [-0.3, -0.25) is 4.79 Å². The lowest BCUT2D eigenvalue weighted by Crippen LogP contribution is -2.27. The average Bonchev–Trinajstić information content (AvgIpc) is 3.31. The van der Waals surface area contributed by atoms with Crippen molar-refractivity contribution in [1.29, 1.82) is 0 Å². The molecule has 34 heavy (non-hydrogen) atoms. The van der Waals surface area contributed by atoms with Crippen molar-refractivity contribution in [3.05, 3.63) is 102 Å². The van der Waals surface area contributed by atoms with E-state index >= 15 is 0 Å². The van der Waals surface area contributed by atoms with Gasteiger partial charge in [-0.1, -0.05) is 30.3 Å². The van der Waals surface area contributed by atoms with Crippen LogP contribution in [0.15, 0.2) is 88.8 Å². The minimum Gasteiger partial charge on any atom is -0.467 e. The molecule has 0 aliphatic rings. The Balaban J connectivity index is 1.79. The summed E-state index contributed by atoms with van der Waals surface area (Å²) < 4.78 is 43.5. The second-order valence-corrected chi connectivity index (χ2v) is 9.45. The van der Waals surface area contributed by atoms with Crippen LogP contribution in [0.3, 0.4) is 0 Å². The Bertz CT molecular complexity index is 1390. The van der Waals surface area contributed by atoms with Crippen LogP contribution in [-0.4, -0.2) is 30.5 Å². The Labute approximate surface area is 196 Å². The van der Waals surface area contributed by atoms with Gasteiger partial charge in [-0.15, -0.1) is 0 Å². The number of halogens is 1. The topological polar surface area (TPSA) is 105 Å². The number of aromatic nitrogens is 2. The first-order valence-electron chi connectivity index (χ1n) is 10.2. The molecule has 0 bridgehead atoms. The summed E-state index contributed by atoms with van der Waals surface area (Å²) in [7, 11) is -3.78. The molecule has 1 amide bonds. The van der Waals surface area contributed by atoms with Crippen molar-refractivity contribution in [2.75, 3.05) is 16.5 Å². The zero-order valence-corrected chi connectivity index (χ0v) is 19.0. The molecule has 2 aromatic heterocycles. The molecule has 4 rings (SSSR count). The van der Waals surface area contributed by atoms with Gasteiger partial charge in [0.2, 0.25) is 15.0 Å². The average molecular weight is 481 g/mol. The van der Waals surface area contributed by atoms with Crippen LogP contribution in [-0.2, 0) is 22.9 Å². The van der Waals surface area contributed by atoms with Gasteiger partial charge in [0, 0.05) is 18.5 Å². The molecule has 0 saturated heterocycles. The number of para-hydroxylation sites is 1. The number of hydrogen-bond acceptors (Lipinski definition) is 7. The van der Waals surface area contributed by atoms with Crippen LogP contribution in [0.2, 0.25) is 0 Å². The standard InChI is InChI=1S/C24H21FN4O4S/c1-34(31,32)24-26-14-21(22(28-24)23(30)27-19-9-3-2-4-10-19)29(16-20-11-6-12-33-20)15-17-7-5-8-18(25)13-17/h2-14H,15-16H2,1H3,(H,27,30). The Morgan fingerprint density at radius 2 is 1.85 bits per heavy atom. The Kier molecular flexibility index (Phi) is 6.69. The molecule has 0 unspecified atom stereocenters. The van der Waals surface area contributed by atoms with Gasteiger partial charge in [-0.25, -0.2) is 22.8 Å². The van der Waals surface area contributed by atoms with Crippen molar-refractivity contribution in [3.63, 3.8) is 0 Å². The summed E-state index contributed by atoms with van der Waals surface area (Å²) in [4.78, 5) is 23.0. The maximum atomic E-state index is 13.8. The van der Waals surface area contributed by atoms with Gasteiger partial charge in [0.25, 0.3) is 5.91 Å². The third-order valence-electron chi connectivity index (χ3n) is 4.86. The lowest BCUT2D eigenvalue weighted by molar-refractivity contribution is 0.102. The van der Waals surface area contributed by atoms with Gasteiger partial charge in [0.1, 0.15) is 11.6 Å². The van der Waals surface area contributed by atoms with Crippen LogP contribution in [0.5, 0.6) is 0 Å². The molecule has 8 nitrogen and oxygen atoms in total. The first-order valence-corrected chi connectivity index (χ1v) is 12.1. The fraction of sp³-hybridized carbons (Fsp3) is 0.125. The number of sulfone groups is 1. The highest BCUT2D eigenvalue weighted by molar-refractivity contribution is 7.90. The number of furan rings is 1. The van der Waals surface area contributed by atoms with E-state index in [0.29, 0.717) is 17.0 Å². The van der Waals surface area contributed by atoms with E-state index in [1.54, 1.807) is 59.5 Å². The van der Waals surface area contributed by atoms with E-state index in [9.17, 15) is 17.6 Å². The number of benzene rings is 2. The number of nitrogens with zero attached hydrogens (tertiary/aromatic N) is 3. The van der Waals surface area contributed by atoms with Gasteiger partial charge >= 0.3 is 0 Å². The van der Waals surface area contributed by atoms with Gasteiger partial charge < -0.3 is 14.6 Å². The largest absolute Gasteiger partial charge is 0.467 e. The van der Waals surface area contributed by atoms with E-state index in [4.69, 9.17) is 4.42 Å². The Morgan fingerprint density at radius 3 is 2.53 bits per heavy atom. The smallest absolute Gasteiger partial charge is 0.276 e. The number of carbonyl (C=O) groups is 1. The van der Waals surface area contributed by atoms with Crippen molar-refractivity contribution in [1.82, 2.24) is 9.97 Å². The summed E-state index contributed by atoms with van der Waals surface area (Å²) in [5.41, 5.74) is 1.28. The minimum atomic E-state index is -3.78. The molecule has 0 fully saturated rings. The fourth-order valence-electron chi connectivity index (χ4n) is 3.32. The molecule has 10 heteroatoms. The van der Waals surface area contributed by atoms with E-state index in [2.05, 4.69) is 15.3 Å². The first kappa shape index (κ1) is 23.1. The monoisotopic (exact) mass is 480 g/mol. The fourth-order valence-corrected chi connectivity index (χ4v) is 3.82. The second-order valence-electron chi connectivity index (χ2n) is 7.54. The summed E-state index contributed by atoms with van der Waals surface area (Å²) in [6, 6.07) is 18.2. The van der Waals surface area contributed by atoms with Crippen LogP contribution in [0, 0.1) is 5.82 Å². The first-order chi connectivity index (χ1) is 16.3. The highest BCUT2D eigenvalue weighted by Crippen LogP contribution is 2.25. The summed E-state index contributed by atoms with van der Waals surface area (Å²) in [5.74, 6) is -0.434. The van der Waals surface area contributed by atoms with Gasteiger partial charge in [-0.2, -0.15) is 0 Å². The van der Waals surface area contributed by atoms with E-state index in [-0.39, 0.29) is 24.5 Å². The zero-order chi connectivity index (χ0) is 24.1. The molecular formula is C24H21FN4O4S. The molecule has 0 atom stereocenters. The van der Waals surface area contributed by atoms with Crippen LogP contribution in [0.25, 0.3) is 0 Å². The number of anilines is 2. The lowest BCUT2D eigenvalue weighted by Gasteiger charge is -2.25. The Morgan fingerprint density at radius 1 is 1.06 bits per heavy atom. The molecule has 2 aromatic carbocycles. The molecule has 0 spiro atoms. The number of nitrogens with one attached hydrogen (secondary N) is 1. The van der Waals surface area contributed by atoms with E-state index in [0.717, 1.165) is 6.26 Å². The molecule has 174 valence electrons. The van der Waals surface area contributed by atoms with Gasteiger partial charge in [0.15, 0.2) is 5.69 Å².